The van der Waals surface area contributed by atoms with Crippen molar-refractivity contribution in [3.63, 3.8) is 0 Å². The Bertz CT molecular complexity index is 343. The summed E-state index contributed by atoms with van der Waals surface area (Å²) in [7, 11) is -4.32. The molecule has 9 heteroatoms. The third-order valence-corrected chi connectivity index (χ3v) is 10.8. The van der Waals surface area contributed by atoms with Gasteiger partial charge in [-0.15, -0.1) is 13.2 Å². The molecule has 0 aliphatic carbocycles. The Morgan fingerprint density at radius 2 is 1.38 bits per heavy atom. The van der Waals surface area contributed by atoms with Crippen LogP contribution < -0.4 is 0 Å². The Balaban J connectivity index is 5.23. The molecule has 0 rings (SSSR count). The minimum absolute atomic E-state index is 0.239. The fraction of sp³-hybridized carbons (Fsp3) is 0.667. The highest BCUT2D eigenvalue weighted by molar-refractivity contribution is 6.92. The summed E-state index contributed by atoms with van der Waals surface area (Å²) in [5.74, 6) is 0. The van der Waals surface area contributed by atoms with Crippen molar-refractivity contribution in [3.05, 3.63) is 24.6 Å². The van der Waals surface area contributed by atoms with Gasteiger partial charge in [0.1, 0.15) is 8.96 Å². The van der Waals surface area contributed by atoms with E-state index >= 15 is 0 Å². The maximum absolute atomic E-state index is 12.5. The van der Waals surface area contributed by atoms with Gasteiger partial charge < -0.3 is 4.23 Å². The molecule has 0 N–H and O–H groups in total. The third kappa shape index (κ3) is 7.32. The lowest BCUT2D eigenvalue weighted by atomic mass is 10.4. The van der Waals surface area contributed by atoms with Gasteiger partial charge in [-0.3, -0.25) is 0 Å². The zero-order chi connectivity index (χ0) is 16.9. The SMILES string of the molecule is C=C[Si](C=C)(CCC(F)(F)F)N(CCC(F)(F)F)[Si](C)C. The molecule has 0 saturated carbocycles. The molecule has 0 heterocycles. The van der Waals surface area contributed by atoms with Crippen LogP contribution in [0.5, 0.6) is 0 Å². The summed E-state index contributed by atoms with van der Waals surface area (Å²) < 4.78 is 76.2. The van der Waals surface area contributed by atoms with Gasteiger partial charge in [0.05, 0.1) is 6.42 Å². The molecule has 0 atom stereocenters. The Morgan fingerprint density at radius 3 is 1.67 bits per heavy atom. The van der Waals surface area contributed by atoms with E-state index in [1.807, 2.05) is 0 Å². The van der Waals surface area contributed by atoms with Crippen LogP contribution >= 0.6 is 0 Å². The summed E-state index contributed by atoms with van der Waals surface area (Å²) in [6.07, 6.45) is -10.7. The van der Waals surface area contributed by atoms with Crippen LogP contribution in [0, 0.1) is 0 Å². The Kier molecular flexibility index (Phi) is 7.44. The predicted molar refractivity (Wildman–Crippen MR) is 76.5 cm³/mol. The standard InChI is InChI=1S/C12H20F6NSi2/c1-5-21(6-2,10-8-12(16,17)18)19(20(3)4)9-7-11(13,14)15/h5-6H,1-2,7-10H2,3-4H3. The lowest BCUT2D eigenvalue weighted by Crippen LogP contribution is -2.57. The summed E-state index contributed by atoms with van der Waals surface area (Å²) in [6.45, 7) is 10.4. The fourth-order valence-corrected chi connectivity index (χ4v) is 9.34. The Morgan fingerprint density at radius 1 is 0.952 bits per heavy atom. The highest BCUT2D eigenvalue weighted by Crippen LogP contribution is 2.31. The van der Waals surface area contributed by atoms with Gasteiger partial charge in [-0.1, -0.05) is 24.5 Å². The molecule has 0 spiro atoms. The first kappa shape index (κ1) is 20.5. The summed E-state index contributed by atoms with van der Waals surface area (Å²) >= 11 is 0. The van der Waals surface area contributed by atoms with E-state index < -0.39 is 42.4 Å². The van der Waals surface area contributed by atoms with Crippen molar-refractivity contribution >= 4 is 17.2 Å². The van der Waals surface area contributed by atoms with E-state index in [0.29, 0.717) is 0 Å². The summed E-state index contributed by atoms with van der Waals surface area (Å²) in [6, 6.07) is -0.239. The molecule has 21 heavy (non-hydrogen) atoms. The van der Waals surface area contributed by atoms with Gasteiger partial charge in [-0.2, -0.15) is 26.3 Å². The van der Waals surface area contributed by atoms with E-state index in [1.165, 1.54) is 11.4 Å². The molecule has 0 aliphatic heterocycles. The van der Waals surface area contributed by atoms with Gasteiger partial charge in [-0.25, -0.2) is 0 Å². The van der Waals surface area contributed by atoms with Crippen molar-refractivity contribution in [1.82, 2.24) is 4.23 Å². The topological polar surface area (TPSA) is 3.24 Å². The highest BCUT2D eigenvalue weighted by Gasteiger charge is 2.41. The predicted octanol–water partition coefficient (Wildman–Crippen LogP) is 4.84. The molecule has 1 radical (unpaired) electrons. The third-order valence-electron chi connectivity index (χ3n) is 3.18. The van der Waals surface area contributed by atoms with E-state index in [4.69, 9.17) is 0 Å². The fourth-order valence-electron chi connectivity index (χ4n) is 2.07. The Hall–Kier alpha value is -0.546. The minimum atomic E-state index is -4.34. The van der Waals surface area contributed by atoms with Crippen LogP contribution in [0.15, 0.2) is 24.6 Å². The van der Waals surface area contributed by atoms with Crippen LogP contribution in [0.2, 0.25) is 19.1 Å². The molecule has 0 bridgehead atoms. The first-order valence-electron chi connectivity index (χ1n) is 6.35. The van der Waals surface area contributed by atoms with Crippen LogP contribution in [-0.2, 0) is 0 Å². The normalized spacial score (nSPS) is 13.8. The maximum atomic E-state index is 12.5. The number of hydrogen-bond donors (Lipinski definition) is 0. The molecule has 0 amide bonds. The number of hydrogen-bond acceptors (Lipinski definition) is 1. The number of alkyl halides is 6. The summed E-state index contributed by atoms with van der Waals surface area (Å²) in [4.78, 5) is 0. The van der Waals surface area contributed by atoms with Gasteiger partial charge in [0.25, 0.3) is 0 Å². The lowest BCUT2D eigenvalue weighted by molar-refractivity contribution is -0.135. The summed E-state index contributed by atoms with van der Waals surface area (Å²) in [5, 5.41) is 0. The van der Waals surface area contributed by atoms with E-state index in [1.54, 1.807) is 17.3 Å². The minimum Gasteiger partial charge on any atom is -0.340 e. The number of nitrogens with zero attached hydrogens (tertiary/aromatic N) is 1. The average Bonchev–Trinajstić information content (AvgIpc) is 2.30. The molecular weight excluding hydrogens is 328 g/mol. The second kappa shape index (κ2) is 7.64. The van der Waals surface area contributed by atoms with Crippen LogP contribution in [0.4, 0.5) is 26.3 Å². The number of rotatable bonds is 8. The van der Waals surface area contributed by atoms with E-state index in [9.17, 15) is 26.3 Å². The highest BCUT2D eigenvalue weighted by atomic mass is 28.4. The van der Waals surface area contributed by atoms with E-state index in [2.05, 4.69) is 13.2 Å². The van der Waals surface area contributed by atoms with Gasteiger partial charge in [0.15, 0.2) is 8.24 Å². The van der Waals surface area contributed by atoms with E-state index in [0.717, 1.165) is 0 Å². The molecule has 0 aromatic heterocycles. The Labute approximate surface area is 124 Å². The van der Waals surface area contributed by atoms with Crippen LogP contribution in [-0.4, -0.2) is 40.3 Å². The van der Waals surface area contributed by atoms with Crippen LogP contribution in [0.3, 0.4) is 0 Å². The number of halogens is 6. The second-order valence-corrected chi connectivity index (χ2v) is 11.7. The average molecular weight is 348 g/mol. The van der Waals surface area contributed by atoms with Gasteiger partial charge in [0.2, 0.25) is 0 Å². The largest absolute Gasteiger partial charge is 0.390 e. The van der Waals surface area contributed by atoms with Crippen molar-refractivity contribution < 1.29 is 26.3 Å². The molecule has 0 aromatic carbocycles. The van der Waals surface area contributed by atoms with Crippen molar-refractivity contribution in [3.8, 4) is 0 Å². The zero-order valence-corrected chi connectivity index (χ0v) is 14.1. The van der Waals surface area contributed by atoms with Crippen molar-refractivity contribution in [1.29, 1.82) is 0 Å². The van der Waals surface area contributed by atoms with Gasteiger partial charge in [0, 0.05) is 6.42 Å². The van der Waals surface area contributed by atoms with Crippen molar-refractivity contribution in [2.45, 2.75) is 44.3 Å². The second-order valence-electron chi connectivity index (χ2n) is 4.98. The molecule has 0 unspecified atom stereocenters. The first-order chi connectivity index (χ1) is 9.37. The molecule has 0 fully saturated rings. The first-order valence-corrected chi connectivity index (χ1v) is 11.1. The van der Waals surface area contributed by atoms with Gasteiger partial charge in [-0.05, 0) is 12.6 Å². The quantitative estimate of drug-likeness (QED) is 0.448. The zero-order valence-electron chi connectivity index (χ0n) is 12.1. The molecule has 0 aromatic rings. The monoisotopic (exact) mass is 348 g/mol. The lowest BCUT2D eigenvalue weighted by Gasteiger charge is -2.41. The maximum Gasteiger partial charge on any atom is 0.390 e. The van der Waals surface area contributed by atoms with Gasteiger partial charge >= 0.3 is 12.4 Å². The molecule has 123 valence electrons. The van der Waals surface area contributed by atoms with E-state index in [-0.39, 0.29) is 12.6 Å². The molecular formula is C12H20F6NSi2. The smallest absolute Gasteiger partial charge is 0.340 e. The van der Waals surface area contributed by atoms with Crippen LogP contribution in [0.1, 0.15) is 12.8 Å². The molecule has 0 saturated heterocycles. The van der Waals surface area contributed by atoms with Crippen LogP contribution in [0.25, 0.3) is 0 Å². The van der Waals surface area contributed by atoms with Crippen molar-refractivity contribution in [2.75, 3.05) is 6.54 Å². The summed E-state index contributed by atoms with van der Waals surface area (Å²) in [5.41, 5.74) is 2.81. The molecule has 1 nitrogen and oxygen atoms in total. The van der Waals surface area contributed by atoms with Crippen molar-refractivity contribution in [2.24, 2.45) is 0 Å². The molecule has 0 aliphatic rings.